The Bertz CT molecular complexity index is 440. The Morgan fingerprint density at radius 3 is 3.11 bits per heavy atom. The zero-order chi connectivity index (χ0) is 12.5. The number of aromatic nitrogens is 2. The lowest BCUT2D eigenvalue weighted by Gasteiger charge is -2.38. The second kappa shape index (κ2) is 4.87. The number of halogens is 1. The topological polar surface area (TPSA) is 70.3 Å². The summed E-state index contributed by atoms with van der Waals surface area (Å²) in [5.74, 6) is 6.53. The van der Waals surface area contributed by atoms with E-state index in [0.29, 0.717) is 17.0 Å². The summed E-state index contributed by atoms with van der Waals surface area (Å²) in [5.41, 5.74) is 2.46. The van der Waals surface area contributed by atoms with E-state index in [9.17, 15) is 0 Å². The standard InChI is InChI=1S/C11H17ClN6/c12-9-6-14-11(16-13)15-10(9)18-5-4-17-3-1-2-8(17)7-18/h6,8H,1-5,7,13H2,(H,14,15,16). The van der Waals surface area contributed by atoms with Gasteiger partial charge in [-0.15, -0.1) is 0 Å². The third kappa shape index (κ3) is 2.11. The largest absolute Gasteiger partial charge is 0.352 e. The molecule has 1 atom stereocenters. The Morgan fingerprint density at radius 2 is 2.28 bits per heavy atom. The highest BCUT2D eigenvalue weighted by Crippen LogP contribution is 2.28. The number of nitrogens with zero attached hydrogens (tertiary/aromatic N) is 4. The molecule has 0 amide bonds. The van der Waals surface area contributed by atoms with Gasteiger partial charge >= 0.3 is 0 Å². The molecule has 6 nitrogen and oxygen atoms in total. The fourth-order valence-corrected chi connectivity index (χ4v) is 3.04. The number of fused-ring (bicyclic) bond motifs is 1. The van der Waals surface area contributed by atoms with Crippen LogP contribution in [0, 0.1) is 0 Å². The van der Waals surface area contributed by atoms with Crippen molar-refractivity contribution in [2.24, 2.45) is 5.84 Å². The molecule has 0 saturated carbocycles. The molecule has 3 heterocycles. The van der Waals surface area contributed by atoms with E-state index in [-0.39, 0.29) is 0 Å². The minimum absolute atomic E-state index is 0.406. The Kier molecular flexibility index (Phi) is 3.23. The van der Waals surface area contributed by atoms with Crippen LogP contribution in [0.4, 0.5) is 11.8 Å². The highest BCUT2D eigenvalue weighted by molar-refractivity contribution is 6.32. The highest BCUT2D eigenvalue weighted by atomic mass is 35.5. The number of rotatable bonds is 2. The molecule has 2 fully saturated rings. The zero-order valence-electron chi connectivity index (χ0n) is 10.1. The van der Waals surface area contributed by atoms with Crippen molar-refractivity contribution in [2.45, 2.75) is 18.9 Å². The van der Waals surface area contributed by atoms with Gasteiger partial charge in [-0.05, 0) is 19.4 Å². The van der Waals surface area contributed by atoms with E-state index in [1.165, 1.54) is 19.4 Å². The third-order valence-electron chi connectivity index (χ3n) is 3.74. The summed E-state index contributed by atoms with van der Waals surface area (Å²) in [6.07, 6.45) is 4.16. The van der Waals surface area contributed by atoms with Crippen LogP contribution in [0.15, 0.2) is 6.20 Å². The quantitative estimate of drug-likeness (QED) is 0.608. The zero-order valence-corrected chi connectivity index (χ0v) is 10.9. The van der Waals surface area contributed by atoms with E-state index in [0.717, 1.165) is 25.5 Å². The van der Waals surface area contributed by atoms with Gasteiger partial charge in [0.15, 0.2) is 5.82 Å². The molecule has 2 aliphatic heterocycles. The van der Waals surface area contributed by atoms with Crippen LogP contribution in [-0.4, -0.2) is 47.1 Å². The molecule has 0 spiro atoms. The van der Waals surface area contributed by atoms with Gasteiger partial charge in [0, 0.05) is 25.7 Å². The number of hydrogen-bond donors (Lipinski definition) is 2. The predicted molar refractivity (Wildman–Crippen MR) is 71.7 cm³/mol. The van der Waals surface area contributed by atoms with Crippen molar-refractivity contribution in [2.75, 3.05) is 36.5 Å². The molecule has 0 aromatic carbocycles. The molecule has 0 radical (unpaired) electrons. The molecule has 7 heteroatoms. The molecule has 1 aromatic heterocycles. The van der Waals surface area contributed by atoms with Crippen LogP contribution in [0.3, 0.4) is 0 Å². The minimum atomic E-state index is 0.406. The number of nitrogen functional groups attached to an aromatic ring is 1. The fraction of sp³-hybridized carbons (Fsp3) is 0.636. The van der Waals surface area contributed by atoms with E-state index >= 15 is 0 Å². The van der Waals surface area contributed by atoms with Crippen LogP contribution in [-0.2, 0) is 0 Å². The molecule has 2 aliphatic rings. The number of piperazine rings is 1. The van der Waals surface area contributed by atoms with Crippen molar-refractivity contribution in [1.29, 1.82) is 0 Å². The first kappa shape index (κ1) is 12.0. The van der Waals surface area contributed by atoms with Crippen molar-refractivity contribution < 1.29 is 0 Å². The third-order valence-corrected chi connectivity index (χ3v) is 4.01. The number of hydrogen-bond acceptors (Lipinski definition) is 6. The van der Waals surface area contributed by atoms with Crippen LogP contribution < -0.4 is 16.2 Å². The van der Waals surface area contributed by atoms with E-state index in [1.807, 2.05) is 0 Å². The molecule has 0 bridgehead atoms. The van der Waals surface area contributed by atoms with Gasteiger partial charge in [-0.2, -0.15) is 4.98 Å². The van der Waals surface area contributed by atoms with Gasteiger partial charge < -0.3 is 4.90 Å². The van der Waals surface area contributed by atoms with Crippen molar-refractivity contribution in [3.63, 3.8) is 0 Å². The lowest BCUT2D eigenvalue weighted by Crippen LogP contribution is -2.50. The lowest BCUT2D eigenvalue weighted by molar-refractivity contribution is 0.230. The van der Waals surface area contributed by atoms with Gasteiger partial charge in [-0.3, -0.25) is 10.3 Å². The highest BCUT2D eigenvalue weighted by Gasteiger charge is 2.31. The normalized spacial score (nSPS) is 24.1. The maximum atomic E-state index is 6.18. The van der Waals surface area contributed by atoms with Gasteiger partial charge in [0.05, 0.1) is 6.20 Å². The van der Waals surface area contributed by atoms with Gasteiger partial charge in [0.1, 0.15) is 5.02 Å². The van der Waals surface area contributed by atoms with Crippen molar-refractivity contribution in [3.05, 3.63) is 11.2 Å². The Balaban J connectivity index is 1.82. The van der Waals surface area contributed by atoms with Crippen LogP contribution >= 0.6 is 11.6 Å². The average Bonchev–Trinajstić information content (AvgIpc) is 2.86. The molecule has 3 rings (SSSR count). The van der Waals surface area contributed by atoms with E-state index < -0.39 is 0 Å². The molecule has 0 aliphatic carbocycles. The molecule has 98 valence electrons. The van der Waals surface area contributed by atoms with E-state index in [4.69, 9.17) is 17.4 Å². The fourth-order valence-electron chi connectivity index (χ4n) is 2.83. The van der Waals surface area contributed by atoms with Crippen LogP contribution in [0.5, 0.6) is 0 Å². The van der Waals surface area contributed by atoms with Gasteiger partial charge in [0.2, 0.25) is 5.95 Å². The van der Waals surface area contributed by atoms with E-state index in [1.54, 1.807) is 6.20 Å². The molecule has 1 aromatic rings. The second-order valence-corrected chi connectivity index (χ2v) is 5.19. The summed E-state index contributed by atoms with van der Waals surface area (Å²) < 4.78 is 0. The predicted octanol–water partition coefficient (Wildman–Crippen LogP) is 0.700. The summed E-state index contributed by atoms with van der Waals surface area (Å²) in [4.78, 5) is 13.1. The Morgan fingerprint density at radius 1 is 1.39 bits per heavy atom. The number of hydrazine groups is 1. The first-order chi connectivity index (χ1) is 8.78. The van der Waals surface area contributed by atoms with Crippen LogP contribution in [0.1, 0.15) is 12.8 Å². The molecule has 18 heavy (non-hydrogen) atoms. The molecule has 1 unspecified atom stereocenters. The summed E-state index contributed by atoms with van der Waals surface area (Å²) >= 11 is 6.18. The number of nitrogens with two attached hydrogens (primary N) is 1. The summed E-state index contributed by atoms with van der Waals surface area (Å²) in [6.45, 7) is 4.25. The number of nitrogens with one attached hydrogen (secondary N) is 1. The monoisotopic (exact) mass is 268 g/mol. The van der Waals surface area contributed by atoms with Crippen molar-refractivity contribution >= 4 is 23.4 Å². The SMILES string of the molecule is NNc1ncc(Cl)c(N2CCN3CCCC3C2)n1. The first-order valence-electron chi connectivity index (χ1n) is 6.26. The van der Waals surface area contributed by atoms with Crippen LogP contribution in [0.25, 0.3) is 0 Å². The minimum Gasteiger partial charge on any atom is -0.352 e. The van der Waals surface area contributed by atoms with Crippen LogP contribution in [0.2, 0.25) is 5.02 Å². The smallest absolute Gasteiger partial charge is 0.239 e. The molecular formula is C11H17ClN6. The van der Waals surface area contributed by atoms with Gasteiger partial charge in [0.25, 0.3) is 0 Å². The summed E-state index contributed by atoms with van der Waals surface area (Å²) in [6, 6.07) is 0.638. The average molecular weight is 269 g/mol. The molecule has 2 saturated heterocycles. The second-order valence-electron chi connectivity index (χ2n) is 4.79. The Hall–Kier alpha value is -1.11. The maximum absolute atomic E-state index is 6.18. The first-order valence-corrected chi connectivity index (χ1v) is 6.64. The van der Waals surface area contributed by atoms with Crippen molar-refractivity contribution in [1.82, 2.24) is 14.9 Å². The summed E-state index contributed by atoms with van der Waals surface area (Å²) in [7, 11) is 0. The molecular weight excluding hydrogens is 252 g/mol. The van der Waals surface area contributed by atoms with E-state index in [2.05, 4.69) is 25.2 Å². The van der Waals surface area contributed by atoms with Gasteiger partial charge in [-0.1, -0.05) is 11.6 Å². The molecule has 3 N–H and O–H groups in total. The number of anilines is 2. The van der Waals surface area contributed by atoms with Gasteiger partial charge in [-0.25, -0.2) is 10.8 Å². The Labute approximate surface area is 111 Å². The summed E-state index contributed by atoms with van der Waals surface area (Å²) in [5, 5.41) is 0.584. The lowest BCUT2D eigenvalue weighted by atomic mass is 10.1. The maximum Gasteiger partial charge on any atom is 0.239 e. The van der Waals surface area contributed by atoms with Crippen molar-refractivity contribution in [3.8, 4) is 0 Å².